The average Bonchev–Trinajstić information content (AvgIpc) is 3.12. The number of benzene rings is 1. The summed E-state index contributed by atoms with van der Waals surface area (Å²) in [5.74, 6) is -0.253. The average molecular weight is 400 g/mol. The molecule has 132 valence electrons. The number of pyridine rings is 1. The molecule has 1 amide bonds. The zero-order valence-electron chi connectivity index (χ0n) is 13.1. The first kappa shape index (κ1) is 18.1. The lowest BCUT2D eigenvalue weighted by atomic mass is 10.2. The number of anilines is 1. The Labute approximate surface area is 155 Å². The maximum atomic E-state index is 12.6. The second kappa shape index (κ2) is 7.29. The van der Waals surface area contributed by atoms with Crippen molar-refractivity contribution in [3.63, 3.8) is 0 Å². The molecule has 1 fully saturated rings. The summed E-state index contributed by atoms with van der Waals surface area (Å²) in [6.07, 6.45) is 3.07. The molecule has 2 aromatic rings. The van der Waals surface area contributed by atoms with Gasteiger partial charge in [-0.2, -0.15) is 4.31 Å². The van der Waals surface area contributed by atoms with Crippen molar-refractivity contribution in [3.8, 4) is 0 Å². The van der Waals surface area contributed by atoms with Crippen LogP contribution >= 0.6 is 23.2 Å². The Balaban J connectivity index is 1.88. The molecule has 2 heterocycles. The van der Waals surface area contributed by atoms with Crippen LogP contribution in [0.5, 0.6) is 0 Å². The van der Waals surface area contributed by atoms with E-state index >= 15 is 0 Å². The van der Waals surface area contributed by atoms with E-state index < -0.39 is 15.9 Å². The molecule has 0 unspecified atom stereocenters. The Kier molecular flexibility index (Phi) is 5.29. The molecular formula is C16H15Cl2N3O3S. The number of nitrogens with zero attached hydrogens (tertiary/aromatic N) is 2. The van der Waals surface area contributed by atoms with E-state index in [1.54, 1.807) is 12.1 Å². The van der Waals surface area contributed by atoms with Crippen LogP contribution < -0.4 is 5.32 Å². The standard InChI is InChI=1S/C16H15Cl2N3O3S/c17-11-3-6-15(19-10-11)20-16(22)13-9-12(4-5-14(13)18)25(23,24)21-7-1-2-8-21/h3-6,9-10H,1-2,7-8H2,(H,19,20,22). The van der Waals surface area contributed by atoms with E-state index in [-0.39, 0.29) is 15.5 Å². The molecule has 3 rings (SSSR count). The van der Waals surface area contributed by atoms with Crippen molar-refractivity contribution in [1.82, 2.24) is 9.29 Å². The van der Waals surface area contributed by atoms with Gasteiger partial charge >= 0.3 is 0 Å². The summed E-state index contributed by atoms with van der Waals surface area (Å²) in [6.45, 7) is 0.975. The second-order valence-electron chi connectivity index (χ2n) is 5.57. The number of amides is 1. The van der Waals surface area contributed by atoms with Gasteiger partial charge < -0.3 is 5.32 Å². The molecule has 9 heteroatoms. The van der Waals surface area contributed by atoms with Crippen LogP contribution in [0.1, 0.15) is 23.2 Å². The number of hydrogen-bond donors (Lipinski definition) is 1. The minimum atomic E-state index is -3.63. The highest BCUT2D eigenvalue weighted by atomic mass is 35.5. The van der Waals surface area contributed by atoms with Gasteiger partial charge in [0.05, 0.1) is 20.5 Å². The fourth-order valence-corrected chi connectivity index (χ4v) is 4.41. The summed E-state index contributed by atoms with van der Waals surface area (Å²) in [5.41, 5.74) is 0.0682. The molecule has 1 aliphatic heterocycles. The van der Waals surface area contributed by atoms with Crippen LogP contribution in [0, 0.1) is 0 Å². The van der Waals surface area contributed by atoms with Crippen LogP contribution in [0.4, 0.5) is 5.82 Å². The third kappa shape index (κ3) is 3.95. The van der Waals surface area contributed by atoms with Gasteiger partial charge in [-0.25, -0.2) is 13.4 Å². The zero-order chi connectivity index (χ0) is 18.0. The van der Waals surface area contributed by atoms with Gasteiger partial charge in [0.25, 0.3) is 5.91 Å². The number of rotatable bonds is 4. The molecule has 1 aromatic carbocycles. The molecule has 1 N–H and O–H groups in total. The summed E-state index contributed by atoms with van der Waals surface area (Å²) in [5, 5.41) is 3.17. The van der Waals surface area contributed by atoms with Gasteiger partial charge in [-0.15, -0.1) is 0 Å². The van der Waals surface area contributed by atoms with Gasteiger partial charge in [0.15, 0.2) is 0 Å². The van der Waals surface area contributed by atoms with E-state index in [9.17, 15) is 13.2 Å². The number of sulfonamides is 1. The molecule has 0 saturated carbocycles. The van der Waals surface area contributed by atoms with E-state index in [1.165, 1.54) is 28.7 Å². The van der Waals surface area contributed by atoms with Crippen molar-refractivity contribution in [2.24, 2.45) is 0 Å². The zero-order valence-corrected chi connectivity index (χ0v) is 15.4. The van der Waals surface area contributed by atoms with Gasteiger partial charge in [0.1, 0.15) is 5.82 Å². The number of nitrogens with one attached hydrogen (secondary N) is 1. The monoisotopic (exact) mass is 399 g/mol. The minimum absolute atomic E-state index is 0.0491. The lowest BCUT2D eigenvalue weighted by molar-refractivity contribution is 0.102. The molecule has 1 saturated heterocycles. The first-order valence-electron chi connectivity index (χ1n) is 7.60. The minimum Gasteiger partial charge on any atom is -0.307 e. The molecule has 0 bridgehead atoms. The third-order valence-corrected chi connectivity index (χ3v) is 6.30. The Morgan fingerprint density at radius 3 is 2.48 bits per heavy atom. The van der Waals surface area contributed by atoms with Gasteiger partial charge in [-0.05, 0) is 43.2 Å². The molecule has 1 aromatic heterocycles. The maximum Gasteiger partial charge on any atom is 0.258 e. The molecule has 6 nitrogen and oxygen atoms in total. The van der Waals surface area contributed by atoms with Gasteiger partial charge in [-0.1, -0.05) is 23.2 Å². The van der Waals surface area contributed by atoms with E-state index in [0.717, 1.165) is 12.8 Å². The topological polar surface area (TPSA) is 79.4 Å². The number of aromatic nitrogens is 1. The summed E-state index contributed by atoms with van der Waals surface area (Å²) >= 11 is 11.8. The molecule has 1 aliphatic rings. The number of carbonyl (C=O) groups is 1. The summed E-state index contributed by atoms with van der Waals surface area (Å²) in [7, 11) is -3.63. The molecule has 25 heavy (non-hydrogen) atoms. The number of halogens is 2. The maximum absolute atomic E-state index is 12.6. The van der Waals surface area contributed by atoms with Crippen LogP contribution in [0.25, 0.3) is 0 Å². The Morgan fingerprint density at radius 2 is 1.84 bits per heavy atom. The highest BCUT2D eigenvalue weighted by molar-refractivity contribution is 7.89. The largest absolute Gasteiger partial charge is 0.307 e. The number of carbonyl (C=O) groups excluding carboxylic acids is 1. The van der Waals surface area contributed by atoms with Gasteiger partial charge in [0.2, 0.25) is 10.0 Å². The SMILES string of the molecule is O=C(Nc1ccc(Cl)cn1)c1cc(S(=O)(=O)N2CCCC2)ccc1Cl. The smallest absolute Gasteiger partial charge is 0.258 e. The molecule has 0 aliphatic carbocycles. The molecule has 0 spiro atoms. The predicted octanol–water partition coefficient (Wildman–Crippen LogP) is 3.43. The lowest BCUT2D eigenvalue weighted by Gasteiger charge is -2.16. The fourth-order valence-electron chi connectivity index (χ4n) is 2.55. The summed E-state index contributed by atoms with van der Waals surface area (Å²) in [6, 6.07) is 7.24. The van der Waals surface area contributed by atoms with Crippen molar-refractivity contribution in [2.75, 3.05) is 18.4 Å². The second-order valence-corrected chi connectivity index (χ2v) is 8.35. The quantitative estimate of drug-likeness (QED) is 0.853. The van der Waals surface area contributed by atoms with Crippen molar-refractivity contribution in [3.05, 3.63) is 52.1 Å². The van der Waals surface area contributed by atoms with E-state index in [1.807, 2.05) is 0 Å². The van der Waals surface area contributed by atoms with Crippen LogP contribution in [-0.4, -0.2) is 36.7 Å². The Hall–Kier alpha value is -1.67. The third-order valence-electron chi connectivity index (χ3n) is 3.85. The first-order chi connectivity index (χ1) is 11.9. The van der Waals surface area contributed by atoms with Crippen LogP contribution in [-0.2, 0) is 10.0 Å². The Morgan fingerprint density at radius 1 is 1.12 bits per heavy atom. The summed E-state index contributed by atoms with van der Waals surface area (Å²) < 4.78 is 26.7. The molecule has 0 radical (unpaired) electrons. The highest BCUT2D eigenvalue weighted by Gasteiger charge is 2.28. The summed E-state index contributed by atoms with van der Waals surface area (Å²) in [4.78, 5) is 16.5. The lowest BCUT2D eigenvalue weighted by Crippen LogP contribution is -2.28. The normalized spacial score (nSPS) is 15.3. The van der Waals surface area contributed by atoms with Crippen molar-refractivity contribution in [1.29, 1.82) is 0 Å². The van der Waals surface area contributed by atoms with Crippen molar-refractivity contribution >= 4 is 45.0 Å². The van der Waals surface area contributed by atoms with Gasteiger partial charge in [0, 0.05) is 19.3 Å². The highest BCUT2D eigenvalue weighted by Crippen LogP contribution is 2.26. The van der Waals surface area contributed by atoms with Crippen molar-refractivity contribution < 1.29 is 13.2 Å². The van der Waals surface area contributed by atoms with E-state index in [2.05, 4.69) is 10.3 Å². The molecule has 0 atom stereocenters. The Bertz CT molecular complexity index is 895. The van der Waals surface area contributed by atoms with E-state index in [4.69, 9.17) is 23.2 Å². The number of hydrogen-bond acceptors (Lipinski definition) is 4. The van der Waals surface area contributed by atoms with Crippen LogP contribution in [0.2, 0.25) is 10.0 Å². The molecular weight excluding hydrogens is 385 g/mol. The van der Waals surface area contributed by atoms with Crippen LogP contribution in [0.3, 0.4) is 0 Å². The first-order valence-corrected chi connectivity index (χ1v) is 9.80. The predicted molar refractivity (Wildman–Crippen MR) is 96.6 cm³/mol. The van der Waals surface area contributed by atoms with Gasteiger partial charge in [-0.3, -0.25) is 4.79 Å². The van der Waals surface area contributed by atoms with Crippen LogP contribution in [0.15, 0.2) is 41.4 Å². The van der Waals surface area contributed by atoms with E-state index in [0.29, 0.717) is 23.9 Å². The fraction of sp³-hybridized carbons (Fsp3) is 0.250. The van der Waals surface area contributed by atoms with Crippen molar-refractivity contribution in [2.45, 2.75) is 17.7 Å².